The molecular weight excluding hydrogens is 400 g/mol. The van der Waals surface area contributed by atoms with E-state index < -0.39 is 0 Å². The second-order valence-electron chi connectivity index (χ2n) is 6.65. The van der Waals surface area contributed by atoms with Crippen molar-refractivity contribution in [2.24, 2.45) is 0 Å². The van der Waals surface area contributed by atoms with Gasteiger partial charge >= 0.3 is 0 Å². The zero-order valence-electron chi connectivity index (χ0n) is 15.4. The predicted molar refractivity (Wildman–Crippen MR) is 117 cm³/mol. The van der Waals surface area contributed by atoms with Gasteiger partial charge in [0.25, 0.3) is 0 Å². The first-order valence-corrected chi connectivity index (χ1v) is 10.7. The summed E-state index contributed by atoms with van der Waals surface area (Å²) in [6.07, 6.45) is 0. The SMILES string of the molecule is Cc1nn(-c2ccccc2)c2sc(-c3nnc4sc(-c5ccccc5)nn34)cc12. The highest BCUT2D eigenvalue weighted by molar-refractivity contribution is 7.22. The molecule has 2 aromatic carbocycles. The van der Waals surface area contributed by atoms with Crippen molar-refractivity contribution in [2.75, 3.05) is 0 Å². The van der Waals surface area contributed by atoms with Crippen LogP contribution < -0.4 is 0 Å². The minimum Gasteiger partial charge on any atom is -0.223 e. The van der Waals surface area contributed by atoms with Crippen LogP contribution in [0.1, 0.15) is 5.69 Å². The van der Waals surface area contributed by atoms with E-state index >= 15 is 0 Å². The molecule has 4 aromatic heterocycles. The first kappa shape index (κ1) is 16.6. The molecule has 0 fully saturated rings. The molecule has 8 heteroatoms. The molecule has 6 aromatic rings. The third-order valence-corrected chi connectivity index (χ3v) is 6.83. The average molecular weight is 415 g/mol. The Morgan fingerprint density at radius 2 is 1.59 bits per heavy atom. The smallest absolute Gasteiger partial charge is 0.223 e. The second kappa shape index (κ2) is 6.33. The fourth-order valence-electron chi connectivity index (χ4n) is 3.37. The van der Waals surface area contributed by atoms with Gasteiger partial charge in [0.2, 0.25) is 4.96 Å². The fraction of sp³-hybridized carbons (Fsp3) is 0.0476. The Kier molecular flexibility index (Phi) is 3.62. The molecule has 6 rings (SSSR count). The zero-order chi connectivity index (χ0) is 19.4. The first-order chi connectivity index (χ1) is 14.3. The van der Waals surface area contributed by atoms with Gasteiger partial charge in [0, 0.05) is 10.9 Å². The monoisotopic (exact) mass is 414 g/mol. The van der Waals surface area contributed by atoms with E-state index in [-0.39, 0.29) is 0 Å². The molecule has 0 amide bonds. The van der Waals surface area contributed by atoms with Crippen LogP contribution in [0.5, 0.6) is 0 Å². The highest BCUT2D eigenvalue weighted by Crippen LogP contribution is 2.36. The lowest BCUT2D eigenvalue weighted by Gasteiger charge is -2.00. The van der Waals surface area contributed by atoms with Crippen LogP contribution in [0, 0.1) is 6.92 Å². The topological polar surface area (TPSA) is 60.9 Å². The summed E-state index contributed by atoms with van der Waals surface area (Å²) in [5, 5.41) is 20.3. The quantitative estimate of drug-likeness (QED) is 0.398. The molecule has 0 aliphatic rings. The van der Waals surface area contributed by atoms with Gasteiger partial charge in [-0.2, -0.15) is 14.7 Å². The number of benzene rings is 2. The molecule has 0 atom stereocenters. The third kappa shape index (κ3) is 2.60. The molecule has 4 heterocycles. The maximum absolute atomic E-state index is 4.77. The lowest BCUT2D eigenvalue weighted by atomic mass is 10.2. The summed E-state index contributed by atoms with van der Waals surface area (Å²) >= 11 is 3.20. The summed E-state index contributed by atoms with van der Waals surface area (Å²) in [6.45, 7) is 2.04. The van der Waals surface area contributed by atoms with E-state index in [2.05, 4.69) is 40.5 Å². The van der Waals surface area contributed by atoms with Gasteiger partial charge in [0.1, 0.15) is 9.84 Å². The largest absolute Gasteiger partial charge is 0.235 e. The van der Waals surface area contributed by atoms with Gasteiger partial charge in [-0.3, -0.25) is 0 Å². The Balaban J connectivity index is 1.50. The molecule has 0 N–H and O–H groups in total. The van der Waals surface area contributed by atoms with Crippen molar-refractivity contribution < 1.29 is 0 Å². The van der Waals surface area contributed by atoms with Gasteiger partial charge in [-0.25, -0.2) is 4.68 Å². The van der Waals surface area contributed by atoms with E-state index in [0.717, 1.165) is 47.8 Å². The summed E-state index contributed by atoms with van der Waals surface area (Å²) in [4.78, 5) is 2.92. The molecule has 0 spiro atoms. The number of para-hydroxylation sites is 1. The average Bonchev–Trinajstić information content (AvgIpc) is 3.51. The maximum Gasteiger partial charge on any atom is 0.235 e. The zero-order valence-corrected chi connectivity index (χ0v) is 17.0. The van der Waals surface area contributed by atoms with Crippen molar-refractivity contribution in [3.05, 3.63) is 72.4 Å². The Bertz CT molecular complexity index is 1460. The molecular formula is C21H14N6S2. The van der Waals surface area contributed by atoms with Gasteiger partial charge in [0.15, 0.2) is 5.82 Å². The summed E-state index contributed by atoms with van der Waals surface area (Å²) in [7, 11) is 0. The Morgan fingerprint density at radius 1 is 0.828 bits per heavy atom. The van der Waals surface area contributed by atoms with E-state index in [4.69, 9.17) is 10.2 Å². The molecule has 0 radical (unpaired) electrons. The number of rotatable bonds is 3. The summed E-state index contributed by atoms with van der Waals surface area (Å²) < 4.78 is 3.83. The standard InChI is InChI=1S/C21H14N6S2/c1-13-16-12-17(28-20(16)26(24-13)15-10-6-3-7-11-15)18-22-23-21-27(18)25-19(29-21)14-8-4-2-5-9-14/h2-12H,1H3. The van der Waals surface area contributed by atoms with Crippen LogP contribution in [0.25, 0.3) is 42.1 Å². The van der Waals surface area contributed by atoms with E-state index in [1.54, 1.807) is 22.7 Å². The molecule has 0 aliphatic carbocycles. The summed E-state index contributed by atoms with van der Waals surface area (Å²) in [5.74, 6) is 0.763. The minimum absolute atomic E-state index is 0.763. The van der Waals surface area contributed by atoms with E-state index in [1.165, 1.54) is 0 Å². The molecule has 0 aliphatic heterocycles. The maximum atomic E-state index is 4.77. The molecule has 0 saturated heterocycles. The van der Waals surface area contributed by atoms with Gasteiger partial charge in [-0.05, 0) is 25.1 Å². The van der Waals surface area contributed by atoms with Crippen molar-refractivity contribution in [1.82, 2.24) is 29.6 Å². The Hall–Kier alpha value is -3.36. The molecule has 29 heavy (non-hydrogen) atoms. The van der Waals surface area contributed by atoms with Crippen LogP contribution in [0.2, 0.25) is 0 Å². The third-order valence-electron chi connectivity index (χ3n) is 4.78. The first-order valence-electron chi connectivity index (χ1n) is 9.10. The van der Waals surface area contributed by atoms with E-state index in [1.807, 2.05) is 52.5 Å². The van der Waals surface area contributed by atoms with Crippen molar-refractivity contribution in [3.63, 3.8) is 0 Å². The molecule has 6 nitrogen and oxygen atoms in total. The normalized spacial score (nSPS) is 11.6. The molecule has 0 unspecified atom stereocenters. The highest BCUT2D eigenvalue weighted by atomic mass is 32.1. The van der Waals surface area contributed by atoms with E-state index in [9.17, 15) is 0 Å². The molecule has 140 valence electrons. The predicted octanol–water partition coefficient (Wildman–Crippen LogP) is 5.23. The Labute approximate surface area is 173 Å². The van der Waals surface area contributed by atoms with E-state index in [0.29, 0.717) is 0 Å². The summed E-state index contributed by atoms with van der Waals surface area (Å²) in [6, 6.07) is 22.5. The number of aromatic nitrogens is 6. The fourth-order valence-corrected chi connectivity index (χ4v) is 5.37. The van der Waals surface area contributed by atoms with Crippen molar-refractivity contribution >= 4 is 37.9 Å². The number of thiophene rings is 1. The van der Waals surface area contributed by atoms with Crippen molar-refractivity contribution in [2.45, 2.75) is 6.92 Å². The van der Waals surface area contributed by atoms with Gasteiger partial charge in [-0.1, -0.05) is 59.9 Å². The summed E-state index contributed by atoms with van der Waals surface area (Å²) in [5.41, 5.74) is 3.13. The Morgan fingerprint density at radius 3 is 2.38 bits per heavy atom. The molecule has 0 bridgehead atoms. The van der Waals surface area contributed by atoms with Gasteiger partial charge < -0.3 is 0 Å². The second-order valence-corrected chi connectivity index (χ2v) is 8.64. The van der Waals surface area contributed by atoms with Crippen LogP contribution >= 0.6 is 22.7 Å². The van der Waals surface area contributed by atoms with Crippen LogP contribution in [-0.4, -0.2) is 29.6 Å². The number of fused-ring (bicyclic) bond motifs is 2. The van der Waals surface area contributed by atoms with Crippen molar-refractivity contribution in [3.8, 4) is 27.0 Å². The van der Waals surface area contributed by atoms with Crippen LogP contribution in [-0.2, 0) is 0 Å². The van der Waals surface area contributed by atoms with Crippen molar-refractivity contribution in [1.29, 1.82) is 0 Å². The number of aryl methyl sites for hydroxylation is 1. The lowest BCUT2D eigenvalue weighted by Crippen LogP contribution is -1.94. The lowest BCUT2D eigenvalue weighted by molar-refractivity contribution is 0.894. The van der Waals surface area contributed by atoms with Crippen LogP contribution in [0.4, 0.5) is 0 Å². The number of hydrogen-bond acceptors (Lipinski definition) is 6. The van der Waals surface area contributed by atoms with Gasteiger partial charge in [-0.15, -0.1) is 21.5 Å². The number of nitrogens with zero attached hydrogens (tertiary/aromatic N) is 6. The van der Waals surface area contributed by atoms with Gasteiger partial charge in [0.05, 0.1) is 16.3 Å². The van der Waals surface area contributed by atoms with Crippen LogP contribution in [0.3, 0.4) is 0 Å². The van der Waals surface area contributed by atoms with Crippen LogP contribution in [0.15, 0.2) is 66.7 Å². The minimum atomic E-state index is 0.763. The number of hydrogen-bond donors (Lipinski definition) is 0. The highest BCUT2D eigenvalue weighted by Gasteiger charge is 2.19. The molecule has 0 saturated carbocycles.